The quantitative estimate of drug-likeness (QED) is 0.880. The van der Waals surface area contributed by atoms with Gasteiger partial charge in [0.15, 0.2) is 11.5 Å². The highest BCUT2D eigenvalue weighted by atomic mass is 35.5. The number of hydrogen-bond donors (Lipinski definition) is 1. The number of rotatable bonds is 5. The van der Waals surface area contributed by atoms with Crippen LogP contribution in [0.4, 0.5) is 0 Å². The third kappa shape index (κ3) is 3.27. The summed E-state index contributed by atoms with van der Waals surface area (Å²) in [5.41, 5.74) is 6.85. The first-order valence-electron chi connectivity index (χ1n) is 5.88. The van der Waals surface area contributed by atoms with Gasteiger partial charge in [-0.25, -0.2) is 0 Å². The van der Waals surface area contributed by atoms with Gasteiger partial charge in [0.05, 0.1) is 18.2 Å². The van der Waals surface area contributed by atoms with Crippen molar-refractivity contribution in [3.8, 4) is 11.5 Å². The number of methoxy groups -OCH3 is 1. The van der Waals surface area contributed by atoms with Gasteiger partial charge in [-0.15, -0.1) is 0 Å². The highest BCUT2D eigenvalue weighted by molar-refractivity contribution is 6.32. The molecule has 1 saturated carbocycles. The van der Waals surface area contributed by atoms with Gasteiger partial charge < -0.3 is 15.2 Å². The van der Waals surface area contributed by atoms with Crippen molar-refractivity contribution in [2.75, 3.05) is 7.11 Å². The van der Waals surface area contributed by atoms with Gasteiger partial charge in [0.2, 0.25) is 0 Å². The molecular formula is C13H18ClNO2. The standard InChI is InChI=1S/C13H18ClNO2/c1-8(15)5-9-6-11(14)13(12(7-9)16-2)17-10-3-4-10/h6-8,10H,3-5,15H2,1-2H3. The molecule has 1 atom stereocenters. The van der Waals surface area contributed by atoms with E-state index in [1.54, 1.807) is 7.11 Å². The molecule has 4 heteroatoms. The van der Waals surface area contributed by atoms with Crippen molar-refractivity contribution in [1.29, 1.82) is 0 Å². The van der Waals surface area contributed by atoms with E-state index in [1.807, 2.05) is 19.1 Å². The predicted molar refractivity (Wildman–Crippen MR) is 69.0 cm³/mol. The van der Waals surface area contributed by atoms with Crippen LogP contribution in [0.25, 0.3) is 0 Å². The topological polar surface area (TPSA) is 44.5 Å². The fraction of sp³-hybridized carbons (Fsp3) is 0.538. The Morgan fingerprint density at radius 2 is 2.18 bits per heavy atom. The van der Waals surface area contributed by atoms with Gasteiger partial charge in [-0.1, -0.05) is 11.6 Å². The fourth-order valence-electron chi connectivity index (χ4n) is 1.73. The lowest BCUT2D eigenvalue weighted by atomic mass is 10.1. The maximum Gasteiger partial charge on any atom is 0.180 e. The number of hydrogen-bond acceptors (Lipinski definition) is 3. The van der Waals surface area contributed by atoms with E-state index in [9.17, 15) is 0 Å². The van der Waals surface area contributed by atoms with Crippen LogP contribution in [0, 0.1) is 0 Å². The maximum absolute atomic E-state index is 6.22. The highest BCUT2D eigenvalue weighted by Crippen LogP contribution is 2.40. The summed E-state index contributed by atoms with van der Waals surface area (Å²) in [6.07, 6.45) is 3.28. The SMILES string of the molecule is COc1cc(CC(C)N)cc(Cl)c1OC1CC1. The predicted octanol–water partition coefficient (Wildman–Crippen LogP) is 2.78. The summed E-state index contributed by atoms with van der Waals surface area (Å²) >= 11 is 6.22. The van der Waals surface area contributed by atoms with Crippen LogP contribution in [0.1, 0.15) is 25.3 Å². The summed E-state index contributed by atoms with van der Waals surface area (Å²) in [5.74, 6) is 1.35. The molecule has 0 spiro atoms. The molecule has 94 valence electrons. The molecule has 0 bridgehead atoms. The zero-order valence-corrected chi connectivity index (χ0v) is 11.0. The molecule has 0 saturated heterocycles. The summed E-state index contributed by atoms with van der Waals surface area (Å²) in [6, 6.07) is 3.96. The number of benzene rings is 1. The minimum Gasteiger partial charge on any atom is -0.493 e. The van der Waals surface area contributed by atoms with Crippen molar-refractivity contribution in [2.24, 2.45) is 5.73 Å². The van der Waals surface area contributed by atoms with Crippen molar-refractivity contribution in [3.63, 3.8) is 0 Å². The molecule has 2 N–H and O–H groups in total. The first kappa shape index (κ1) is 12.5. The Morgan fingerprint density at radius 1 is 1.47 bits per heavy atom. The first-order valence-corrected chi connectivity index (χ1v) is 6.26. The van der Waals surface area contributed by atoms with Crippen molar-refractivity contribution < 1.29 is 9.47 Å². The van der Waals surface area contributed by atoms with E-state index in [1.165, 1.54) is 0 Å². The average Bonchev–Trinajstić information content (AvgIpc) is 3.04. The van der Waals surface area contributed by atoms with Crippen LogP contribution in [0.5, 0.6) is 11.5 Å². The number of halogens is 1. The Morgan fingerprint density at radius 3 is 2.71 bits per heavy atom. The van der Waals surface area contributed by atoms with Crippen LogP contribution >= 0.6 is 11.6 Å². The Bertz CT molecular complexity index is 403. The molecule has 1 aromatic carbocycles. The van der Waals surface area contributed by atoms with Gasteiger partial charge in [0.25, 0.3) is 0 Å². The van der Waals surface area contributed by atoms with Crippen LogP contribution in [0.3, 0.4) is 0 Å². The molecule has 2 rings (SSSR count). The van der Waals surface area contributed by atoms with Gasteiger partial charge in [-0.3, -0.25) is 0 Å². The Hall–Kier alpha value is -0.930. The minimum atomic E-state index is 0.103. The van der Waals surface area contributed by atoms with Crippen molar-refractivity contribution in [1.82, 2.24) is 0 Å². The van der Waals surface area contributed by atoms with Crippen LogP contribution in [-0.2, 0) is 6.42 Å². The third-order valence-electron chi connectivity index (χ3n) is 2.66. The van der Waals surface area contributed by atoms with Gasteiger partial charge in [0, 0.05) is 6.04 Å². The van der Waals surface area contributed by atoms with Crippen molar-refractivity contribution >= 4 is 11.6 Å². The molecule has 1 fully saturated rings. The van der Waals surface area contributed by atoms with Crippen molar-refractivity contribution in [3.05, 3.63) is 22.7 Å². The van der Waals surface area contributed by atoms with E-state index in [0.717, 1.165) is 24.8 Å². The molecule has 0 amide bonds. The fourth-order valence-corrected chi connectivity index (χ4v) is 2.01. The molecule has 0 aromatic heterocycles. The summed E-state index contributed by atoms with van der Waals surface area (Å²) < 4.78 is 11.1. The third-order valence-corrected chi connectivity index (χ3v) is 2.94. The molecule has 1 aliphatic rings. The number of ether oxygens (including phenoxy) is 2. The summed E-state index contributed by atoms with van der Waals surface area (Å²) in [5, 5.41) is 0.604. The second kappa shape index (κ2) is 5.15. The normalized spacial score (nSPS) is 16.7. The smallest absolute Gasteiger partial charge is 0.180 e. The lowest BCUT2D eigenvalue weighted by molar-refractivity contribution is 0.282. The van der Waals surface area contributed by atoms with Gasteiger partial charge in [-0.2, -0.15) is 0 Å². The summed E-state index contributed by atoms with van der Waals surface area (Å²) in [4.78, 5) is 0. The van der Waals surface area contributed by atoms with Gasteiger partial charge >= 0.3 is 0 Å². The molecule has 17 heavy (non-hydrogen) atoms. The monoisotopic (exact) mass is 255 g/mol. The van der Waals surface area contributed by atoms with E-state index in [2.05, 4.69) is 0 Å². The molecule has 3 nitrogen and oxygen atoms in total. The lowest BCUT2D eigenvalue weighted by Crippen LogP contribution is -2.17. The Labute approximate surface area is 107 Å². The van der Waals surface area contributed by atoms with E-state index >= 15 is 0 Å². The molecule has 0 radical (unpaired) electrons. The highest BCUT2D eigenvalue weighted by Gasteiger charge is 2.26. The largest absolute Gasteiger partial charge is 0.493 e. The van der Waals surface area contributed by atoms with E-state index in [-0.39, 0.29) is 6.04 Å². The Balaban J connectivity index is 2.25. The second-order valence-corrected chi connectivity index (χ2v) is 5.01. The molecule has 1 unspecified atom stereocenters. The van der Waals surface area contributed by atoms with Crippen LogP contribution in [0.2, 0.25) is 5.02 Å². The zero-order chi connectivity index (χ0) is 12.4. The molecule has 1 aromatic rings. The second-order valence-electron chi connectivity index (χ2n) is 4.61. The van der Waals surface area contributed by atoms with Crippen LogP contribution in [-0.4, -0.2) is 19.3 Å². The molecule has 0 heterocycles. The average molecular weight is 256 g/mol. The number of nitrogens with two attached hydrogens (primary N) is 1. The van der Waals surface area contributed by atoms with E-state index in [4.69, 9.17) is 26.8 Å². The Kier molecular flexibility index (Phi) is 3.79. The lowest BCUT2D eigenvalue weighted by Gasteiger charge is -2.14. The summed E-state index contributed by atoms with van der Waals surface area (Å²) in [6.45, 7) is 1.97. The van der Waals surface area contributed by atoms with E-state index in [0.29, 0.717) is 22.6 Å². The van der Waals surface area contributed by atoms with Crippen LogP contribution in [0.15, 0.2) is 12.1 Å². The zero-order valence-electron chi connectivity index (χ0n) is 10.2. The summed E-state index contributed by atoms with van der Waals surface area (Å²) in [7, 11) is 1.63. The molecule has 0 aliphatic heterocycles. The molecule has 1 aliphatic carbocycles. The van der Waals surface area contributed by atoms with Crippen molar-refractivity contribution in [2.45, 2.75) is 38.3 Å². The van der Waals surface area contributed by atoms with Crippen LogP contribution < -0.4 is 15.2 Å². The molecular weight excluding hydrogens is 238 g/mol. The van der Waals surface area contributed by atoms with E-state index < -0.39 is 0 Å². The first-order chi connectivity index (χ1) is 8.10. The maximum atomic E-state index is 6.22. The minimum absolute atomic E-state index is 0.103. The van der Waals surface area contributed by atoms with Gasteiger partial charge in [-0.05, 0) is 43.9 Å². The van der Waals surface area contributed by atoms with Gasteiger partial charge in [0.1, 0.15) is 0 Å².